The van der Waals surface area contributed by atoms with E-state index in [1.165, 1.54) is 0 Å². The normalized spacial score (nSPS) is 21.8. The molecule has 2 atom stereocenters. The highest BCUT2D eigenvalue weighted by atomic mass is 16.6. The maximum Gasteiger partial charge on any atom is 0.407 e. The van der Waals surface area contributed by atoms with E-state index in [4.69, 9.17) is 4.74 Å². The molecule has 128 valence electrons. The maximum absolute atomic E-state index is 12.6. The third-order valence-corrected chi connectivity index (χ3v) is 4.06. The fourth-order valence-corrected chi connectivity index (χ4v) is 2.93. The molecule has 2 heterocycles. The predicted octanol–water partition coefficient (Wildman–Crippen LogP) is 2.78. The van der Waals surface area contributed by atoms with Crippen molar-refractivity contribution in [2.45, 2.75) is 52.2 Å². The van der Waals surface area contributed by atoms with Crippen LogP contribution in [0.5, 0.6) is 0 Å². The third kappa shape index (κ3) is 4.74. The molecule has 1 aromatic heterocycles. The van der Waals surface area contributed by atoms with E-state index in [-0.39, 0.29) is 11.9 Å². The van der Waals surface area contributed by atoms with E-state index in [1.807, 2.05) is 31.7 Å². The van der Waals surface area contributed by atoms with Gasteiger partial charge < -0.3 is 19.9 Å². The summed E-state index contributed by atoms with van der Waals surface area (Å²) in [4.78, 5) is 29.3. The van der Waals surface area contributed by atoms with Crippen LogP contribution in [0, 0.1) is 5.92 Å². The van der Waals surface area contributed by atoms with Crippen LogP contribution >= 0.6 is 0 Å². The number of rotatable bonds is 3. The van der Waals surface area contributed by atoms with Gasteiger partial charge in [0.15, 0.2) is 0 Å². The number of hydrogen-bond acceptors (Lipinski definition) is 3. The van der Waals surface area contributed by atoms with Crippen molar-refractivity contribution < 1.29 is 14.3 Å². The Kier molecular flexibility index (Phi) is 5.34. The minimum absolute atomic E-state index is 0.0162. The zero-order chi connectivity index (χ0) is 17.0. The van der Waals surface area contributed by atoms with Crippen LogP contribution in [0.2, 0.25) is 0 Å². The van der Waals surface area contributed by atoms with Crippen LogP contribution in [0.1, 0.15) is 51.0 Å². The summed E-state index contributed by atoms with van der Waals surface area (Å²) in [7, 11) is 0. The van der Waals surface area contributed by atoms with Crippen molar-refractivity contribution in [3.63, 3.8) is 0 Å². The lowest BCUT2D eigenvalue weighted by Crippen LogP contribution is -2.53. The number of nitrogens with zero attached hydrogens (tertiary/aromatic N) is 1. The topological polar surface area (TPSA) is 74.4 Å². The van der Waals surface area contributed by atoms with Crippen LogP contribution in [0.25, 0.3) is 0 Å². The standard InChI is InChI=1S/C17H27N3O3/c1-12-7-6-10-20(15(21)13-8-5-9-18-13)14(12)11-19-16(22)23-17(2,3)4/h5,8-9,12,14,18H,6-7,10-11H2,1-4H3,(H,19,22). The Morgan fingerprint density at radius 1 is 1.43 bits per heavy atom. The first-order chi connectivity index (χ1) is 10.8. The van der Waals surface area contributed by atoms with Crippen molar-refractivity contribution in [3.05, 3.63) is 24.0 Å². The van der Waals surface area contributed by atoms with E-state index in [2.05, 4.69) is 17.2 Å². The summed E-state index contributed by atoms with van der Waals surface area (Å²) >= 11 is 0. The fraction of sp³-hybridized carbons (Fsp3) is 0.647. The van der Waals surface area contributed by atoms with Gasteiger partial charge in [-0.25, -0.2) is 4.79 Å². The van der Waals surface area contributed by atoms with Gasteiger partial charge in [-0.05, 0) is 51.7 Å². The Labute approximate surface area is 137 Å². The van der Waals surface area contributed by atoms with Crippen molar-refractivity contribution in [3.8, 4) is 0 Å². The summed E-state index contributed by atoms with van der Waals surface area (Å²) < 4.78 is 5.27. The molecule has 2 unspecified atom stereocenters. The molecule has 1 aromatic rings. The highest BCUT2D eigenvalue weighted by Gasteiger charge is 2.33. The number of aromatic nitrogens is 1. The molecule has 1 aliphatic heterocycles. The average molecular weight is 321 g/mol. The molecule has 0 spiro atoms. The molecule has 2 N–H and O–H groups in total. The molecular formula is C17H27N3O3. The van der Waals surface area contributed by atoms with Gasteiger partial charge in [0.2, 0.25) is 0 Å². The van der Waals surface area contributed by atoms with Crippen LogP contribution in [0.4, 0.5) is 4.79 Å². The summed E-state index contributed by atoms with van der Waals surface area (Å²) in [6.07, 6.45) is 3.34. The second kappa shape index (κ2) is 7.06. The van der Waals surface area contributed by atoms with E-state index in [0.29, 0.717) is 24.7 Å². The highest BCUT2D eigenvalue weighted by Crippen LogP contribution is 2.24. The number of hydrogen-bond donors (Lipinski definition) is 2. The largest absolute Gasteiger partial charge is 0.444 e. The van der Waals surface area contributed by atoms with Gasteiger partial charge in [0, 0.05) is 19.3 Å². The molecule has 0 aromatic carbocycles. The first kappa shape index (κ1) is 17.4. The molecule has 2 rings (SSSR count). The molecule has 2 amide bonds. The molecule has 1 aliphatic rings. The first-order valence-corrected chi connectivity index (χ1v) is 8.19. The summed E-state index contributed by atoms with van der Waals surface area (Å²) in [6.45, 7) is 8.73. The zero-order valence-electron chi connectivity index (χ0n) is 14.4. The SMILES string of the molecule is CC1CCCN(C(=O)c2ccc[nH]2)C1CNC(=O)OC(C)(C)C. The maximum atomic E-state index is 12.6. The van der Waals surface area contributed by atoms with Gasteiger partial charge in [-0.2, -0.15) is 0 Å². The van der Waals surface area contributed by atoms with Gasteiger partial charge in [-0.3, -0.25) is 4.79 Å². The van der Waals surface area contributed by atoms with Gasteiger partial charge in [-0.1, -0.05) is 6.92 Å². The van der Waals surface area contributed by atoms with Gasteiger partial charge in [0.1, 0.15) is 11.3 Å². The number of carbonyl (C=O) groups is 2. The van der Waals surface area contributed by atoms with Crippen molar-refractivity contribution in [1.29, 1.82) is 0 Å². The van der Waals surface area contributed by atoms with E-state index in [0.717, 1.165) is 12.8 Å². The second-order valence-electron chi connectivity index (χ2n) is 7.15. The summed E-state index contributed by atoms with van der Waals surface area (Å²) in [5.41, 5.74) is 0.0588. The quantitative estimate of drug-likeness (QED) is 0.899. The Balaban J connectivity index is 2.00. The smallest absolute Gasteiger partial charge is 0.407 e. The second-order valence-corrected chi connectivity index (χ2v) is 7.15. The molecule has 23 heavy (non-hydrogen) atoms. The lowest BCUT2D eigenvalue weighted by Gasteiger charge is -2.40. The monoisotopic (exact) mass is 321 g/mol. The Hall–Kier alpha value is -1.98. The number of nitrogens with one attached hydrogen (secondary N) is 2. The number of H-pyrrole nitrogens is 1. The van der Waals surface area contributed by atoms with Crippen molar-refractivity contribution in [2.75, 3.05) is 13.1 Å². The number of alkyl carbamates (subject to hydrolysis) is 1. The number of amides is 2. The van der Waals surface area contributed by atoms with Crippen molar-refractivity contribution in [2.24, 2.45) is 5.92 Å². The highest BCUT2D eigenvalue weighted by molar-refractivity contribution is 5.92. The minimum Gasteiger partial charge on any atom is -0.444 e. The lowest BCUT2D eigenvalue weighted by atomic mass is 9.90. The molecule has 1 fully saturated rings. The summed E-state index contributed by atoms with van der Waals surface area (Å²) in [6, 6.07) is 3.57. The number of carbonyl (C=O) groups excluding carboxylic acids is 2. The van der Waals surface area contributed by atoms with E-state index >= 15 is 0 Å². The fourth-order valence-electron chi connectivity index (χ4n) is 2.93. The van der Waals surface area contributed by atoms with E-state index < -0.39 is 11.7 Å². The molecular weight excluding hydrogens is 294 g/mol. The molecule has 1 saturated heterocycles. The molecule has 0 bridgehead atoms. The molecule has 0 aliphatic carbocycles. The van der Waals surface area contributed by atoms with Gasteiger partial charge in [-0.15, -0.1) is 0 Å². The van der Waals surface area contributed by atoms with Crippen LogP contribution in [-0.2, 0) is 4.74 Å². The lowest BCUT2D eigenvalue weighted by molar-refractivity contribution is 0.0405. The van der Waals surface area contributed by atoms with E-state index in [1.54, 1.807) is 12.3 Å². The predicted molar refractivity (Wildman–Crippen MR) is 88.3 cm³/mol. The van der Waals surface area contributed by atoms with Crippen LogP contribution in [0.3, 0.4) is 0 Å². The third-order valence-electron chi connectivity index (χ3n) is 4.06. The van der Waals surface area contributed by atoms with Crippen LogP contribution in [0.15, 0.2) is 18.3 Å². The molecule has 6 nitrogen and oxygen atoms in total. The number of piperidine rings is 1. The molecule has 0 saturated carbocycles. The van der Waals surface area contributed by atoms with Crippen LogP contribution < -0.4 is 5.32 Å². The minimum atomic E-state index is -0.526. The van der Waals surface area contributed by atoms with Gasteiger partial charge in [0.25, 0.3) is 5.91 Å². The van der Waals surface area contributed by atoms with E-state index in [9.17, 15) is 9.59 Å². The Morgan fingerprint density at radius 2 is 2.17 bits per heavy atom. The Bertz CT molecular complexity index is 534. The van der Waals surface area contributed by atoms with Gasteiger partial charge in [0.05, 0.1) is 6.04 Å². The van der Waals surface area contributed by atoms with Crippen molar-refractivity contribution in [1.82, 2.24) is 15.2 Å². The number of ether oxygens (including phenoxy) is 1. The summed E-state index contributed by atoms with van der Waals surface area (Å²) in [5, 5.41) is 2.80. The summed E-state index contributed by atoms with van der Waals surface area (Å²) in [5.74, 6) is 0.315. The van der Waals surface area contributed by atoms with Crippen molar-refractivity contribution >= 4 is 12.0 Å². The molecule has 0 radical (unpaired) electrons. The number of aromatic amines is 1. The number of likely N-dealkylation sites (tertiary alicyclic amines) is 1. The van der Waals surface area contributed by atoms with Gasteiger partial charge >= 0.3 is 6.09 Å². The first-order valence-electron chi connectivity index (χ1n) is 8.19. The Morgan fingerprint density at radius 3 is 2.78 bits per heavy atom. The molecule has 6 heteroatoms. The zero-order valence-corrected chi connectivity index (χ0v) is 14.4. The average Bonchev–Trinajstić information content (AvgIpc) is 2.97. The van der Waals surface area contributed by atoms with Crippen LogP contribution in [-0.4, -0.2) is 46.6 Å².